The predicted octanol–water partition coefficient (Wildman–Crippen LogP) is 3.90. The predicted molar refractivity (Wildman–Crippen MR) is 86.0 cm³/mol. The second kappa shape index (κ2) is 5.58. The Morgan fingerprint density at radius 3 is 1.76 bits per heavy atom. The van der Waals surface area contributed by atoms with E-state index in [9.17, 15) is 5.11 Å². The maximum atomic E-state index is 10.3. The Kier molecular flexibility index (Phi) is 3.62. The normalized spacial score (nSPS) is 11.0. The van der Waals surface area contributed by atoms with Crippen LogP contribution in [-0.4, -0.2) is 14.2 Å². The lowest BCUT2D eigenvalue weighted by atomic mass is 9.98. The maximum Gasteiger partial charge on any atom is 0.210 e. The number of aryl methyl sites for hydroxylation is 1. The summed E-state index contributed by atoms with van der Waals surface area (Å²) in [6.45, 7) is 0. The summed E-state index contributed by atoms with van der Waals surface area (Å²) in [4.78, 5) is 0. The Morgan fingerprint density at radius 2 is 1.38 bits per heavy atom. The number of aromatic hydroxyl groups is 1. The van der Waals surface area contributed by atoms with E-state index in [0.717, 1.165) is 11.1 Å². The van der Waals surface area contributed by atoms with E-state index in [1.165, 1.54) is 0 Å². The lowest BCUT2D eigenvalue weighted by Crippen LogP contribution is -2.12. The summed E-state index contributed by atoms with van der Waals surface area (Å²) in [5.41, 5.74) is 2.17. The van der Waals surface area contributed by atoms with Crippen LogP contribution in [0.1, 0.15) is 17.2 Å². The van der Waals surface area contributed by atoms with Gasteiger partial charge in [-0.05, 0) is 23.3 Å². The number of rotatable bonds is 3. The first-order chi connectivity index (χ1) is 10.2. The zero-order valence-corrected chi connectivity index (χ0v) is 12.5. The SMILES string of the molecule is Cn1cc(O)n(C(c2ccccc2)c2ccccc2)c1=S. The molecule has 0 spiro atoms. The average molecular weight is 296 g/mol. The van der Waals surface area contributed by atoms with Gasteiger partial charge in [-0.2, -0.15) is 0 Å². The molecule has 3 nitrogen and oxygen atoms in total. The molecule has 4 heteroatoms. The van der Waals surface area contributed by atoms with Gasteiger partial charge < -0.3 is 9.67 Å². The highest BCUT2D eigenvalue weighted by Gasteiger charge is 2.20. The van der Waals surface area contributed by atoms with Crippen molar-refractivity contribution in [2.75, 3.05) is 0 Å². The summed E-state index contributed by atoms with van der Waals surface area (Å²) in [5.74, 6) is 0.167. The van der Waals surface area contributed by atoms with Crippen LogP contribution in [-0.2, 0) is 7.05 Å². The molecule has 1 N–H and O–H groups in total. The molecule has 0 aliphatic rings. The summed E-state index contributed by atoms with van der Waals surface area (Å²) >= 11 is 5.46. The van der Waals surface area contributed by atoms with Gasteiger partial charge in [0.25, 0.3) is 0 Å². The van der Waals surface area contributed by atoms with Crippen molar-refractivity contribution in [3.63, 3.8) is 0 Å². The standard InChI is InChI=1S/C17H16N2OS/c1-18-12-15(20)19(17(18)21)16(13-8-4-2-5-9-13)14-10-6-3-7-11-14/h2-12,16,20H,1H3. The average Bonchev–Trinajstić information content (AvgIpc) is 2.76. The number of aromatic nitrogens is 2. The molecule has 21 heavy (non-hydrogen) atoms. The molecule has 1 aromatic heterocycles. The monoisotopic (exact) mass is 296 g/mol. The van der Waals surface area contributed by atoms with Crippen molar-refractivity contribution in [3.05, 3.63) is 82.8 Å². The molecular formula is C17H16N2OS. The first-order valence-corrected chi connectivity index (χ1v) is 7.16. The van der Waals surface area contributed by atoms with Crippen LogP contribution in [0.25, 0.3) is 0 Å². The minimum atomic E-state index is -0.138. The summed E-state index contributed by atoms with van der Waals surface area (Å²) in [5, 5.41) is 10.3. The van der Waals surface area contributed by atoms with E-state index >= 15 is 0 Å². The van der Waals surface area contributed by atoms with Crippen LogP contribution in [0.4, 0.5) is 0 Å². The molecule has 0 saturated heterocycles. The molecule has 2 aromatic carbocycles. The third kappa shape index (κ3) is 2.50. The number of nitrogens with zero attached hydrogens (tertiary/aromatic N) is 2. The van der Waals surface area contributed by atoms with Crippen LogP contribution < -0.4 is 0 Å². The molecular weight excluding hydrogens is 280 g/mol. The van der Waals surface area contributed by atoms with Crippen molar-refractivity contribution >= 4 is 12.2 Å². The third-order valence-corrected chi connectivity index (χ3v) is 4.04. The van der Waals surface area contributed by atoms with Crippen molar-refractivity contribution in [2.24, 2.45) is 7.05 Å². The Bertz CT molecular complexity index is 751. The van der Waals surface area contributed by atoms with E-state index in [1.807, 2.05) is 67.7 Å². The molecule has 3 rings (SSSR count). The molecule has 0 aliphatic carbocycles. The Hall–Kier alpha value is -2.33. The molecule has 106 valence electrons. The number of hydrogen-bond acceptors (Lipinski definition) is 2. The minimum Gasteiger partial charge on any atom is -0.493 e. The first kappa shape index (κ1) is 13.6. The topological polar surface area (TPSA) is 30.1 Å². The van der Waals surface area contributed by atoms with Gasteiger partial charge in [0.15, 0.2) is 4.77 Å². The van der Waals surface area contributed by atoms with Gasteiger partial charge in [-0.3, -0.25) is 4.57 Å². The lowest BCUT2D eigenvalue weighted by molar-refractivity contribution is 0.411. The zero-order chi connectivity index (χ0) is 14.8. The third-order valence-electron chi connectivity index (χ3n) is 3.55. The second-order valence-corrected chi connectivity index (χ2v) is 5.34. The molecule has 0 bridgehead atoms. The van der Waals surface area contributed by atoms with E-state index in [2.05, 4.69) is 0 Å². The highest BCUT2D eigenvalue weighted by molar-refractivity contribution is 7.71. The van der Waals surface area contributed by atoms with Crippen LogP contribution in [0, 0.1) is 4.77 Å². The van der Waals surface area contributed by atoms with Gasteiger partial charge in [0.1, 0.15) is 0 Å². The van der Waals surface area contributed by atoms with Gasteiger partial charge >= 0.3 is 0 Å². The number of imidazole rings is 1. The summed E-state index contributed by atoms with van der Waals surface area (Å²) < 4.78 is 4.12. The summed E-state index contributed by atoms with van der Waals surface area (Å²) in [7, 11) is 1.84. The fourth-order valence-corrected chi connectivity index (χ4v) is 2.81. The molecule has 1 heterocycles. The molecule has 0 aliphatic heterocycles. The van der Waals surface area contributed by atoms with Crippen LogP contribution >= 0.6 is 12.2 Å². The van der Waals surface area contributed by atoms with Crippen LogP contribution in [0.3, 0.4) is 0 Å². The quantitative estimate of drug-likeness (QED) is 0.743. The van der Waals surface area contributed by atoms with Gasteiger partial charge in [-0.25, -0.2) is 0 Å². The molecule has 0 amide bonds. The largest absolute Gasteiger partial charge is 0.493 e. The van der Waals surface area contributed by atoms with Crippen molar-refractivity contribution in [3.8, 4) is 5.88 Å². The van der Waals surface area contributed by atoms with E-state index in [0.29, 0.717) is 4.77 Å². The van der Waals surface area contributed by atoms with Gasteiger partial charge in [0, 0.05) is 7.05 Å². The van der Waals surface area contributed by atoms with Crippen molar-refractivity contribution in [1.29, 1.82) is 0 Å². The molecule has 0 unspecified atom stereocenters. The number of hydrogen-bond donors (Lipinski definition) is 1. The molecule has 3 aromatic rings. The highest BCUT2D eigenvalue weighted by Crippen LogP contribution is 2.31. The zero-order valence-electron chi connectivity index (χ0n) is 11.7. The van der Waals surface area contributed by atoms with E-state index in [1.54, 1.807) is 15.3 Å². The fourth-order valence-electron chi connectivity index (χ4n) is 2.56. The fraction of sp³-hybridized carbons (Fsp3) is 0.118. The van der Waals surface area contributed by atoms with Crippen LogP contribution in [0.5, 0.6) is 5.88 Å². The Balaban J connectivity index is 2.25. The van der Waals surface area contributed by atoms with Gasteiger partial charge in [0.05, 0.1) is 12.2 Å². The number of benzene rings is 2. The van der Waals surface area contributed by atoms with Gasteiger partial charge in [-0.1, -0.05) is 60.7 Å². The van der Waals surface area contributed by atoms with Crippen LogP contribution in [0.2, 0.25) is 0 Å². The van der Waals surface area contributed by atoms with E-state index in [4.69, 9.17) is 12.2 Å². The van der Waals surface area contributed by atoms with Crippen molar-refractivity contribution in [1.82, 2.24) is 9.13 Å². The molecule has 0 fully saturated rings. The van der Waals surface area contributed by atoms with Gasteiger partial charge in [-0.15, -0.1) is 0 Å². The highest BCUT2D eigenvalue weighted by atomic mass is 32.1. The van der Waals surface area contributed by atoms with Crippen molar-refractivity contribution in [2.45, 2.75) is 6.04 Å². The van der Waals surface area contributed by atoms with E-state index in [-0.39, 0.29) is 11.9 Å². The molecule has 0 saturated carbocycles. The maximum absolute atomic E-state index is 10.3. The second-order valence-electron chi connectivity index (χ2n) is 4.97. The van der Waals surface area contributed by atoms with Gasteiger partial charge in [0.2, 0.25) is 5.88 Å². The molecule has 0 radical (unpaired) electrons. The molecule has 0 atom stereocenters. The van der Waals surface area contributed by atoms with E-state index < -0.39 is 0 Å². The Morgan fingerprint density at radius 1 is 0.905 bits per heavy atom. The summed E-state index contributed by atoms with van der Waals surface area (Å²) in [6.07, 6.45) is 1.64. The smallest absolute Gasteiger partial charge is 0.210 e. The van der Waals surface area contributed by atoms with Crippen molar-refractivity contribution < 1.29 is 5.11 Å². The van der Waals surface area contributed by atoms with Crippen LogP contribution in [0.15, 0.2) is 66.9 Å². The minimum absolute atomic E-state index is 0.138. The lowest BCUT2D eigenvalue weighted by Gasteiger charge is -2.20. The Labute approximate surface area is 128 Å². The first-order valence-electron chi connectivity index (χ1n) is 6.75. The summed E-state index contributed by atoms with van der Waals surface area (Å²) in [6, 6.07) is 20.0.